The summed E-state index contributed by atoms with van der Waals surface area (Å²) in [6.07, 6.45) is 6.92. The summed E-state index contributed by atoms with van der Waals surface area (Å²) >= 11 is 1.89. The van der Waals surface area contributed by atoms with Gasteiger partial charge in [-0.25, -0.2) is 4.39 Å². The fourth-order valence-electron chi connectivity index (χ4n) is 5.77. The van der Waals surface area contributed by atoms with Gasteiger partial charge in [0.25, 0.3) is 0 Å². The third-order valence-electron chi connectivity index (χ3n) is 7.47. The van der Waals surface area contributed by atoms with Crippen molar-refractivity contribution in [2.75, 3.05) is 31.1 Å². The molecule has 0 amide bonds. The predicted molar refractivity (Wildman–Crippen MR) is 132 cm³/mol. The predicted octanol–water partition coefficient (Wildman–Crippen LogP) is 6.44. The molecule has 6 rings (SSSR count). The smallest absolute Gasteiger partial charge is 0.126 e. The lowest BCUT2D eigenvalue weighted by Gasteiger charge is -2.42. The standard InChI is InChI=1S/C27H28FN3S/c28-21-16-20-4-3-11-29-27(20)25(17-21)31-14-12-30(13-15-31)22-9-7-19(8-10-22)24-18-32-26-6-2-1-5-23(24)26/h1-6,11,16-19,22H,7-10,12-15H2. The van der Waals surface area contributed by atoms with Crippen molar-refractivity contribution in [3.8, 4) is 0 Å². The Kier molecular flexibility index (Phi) is 5.32. The molecule has 0 unspecified atom stereocenters. The van der Waals surface area contributed by atoms with Gasteiger partial charge in [-0.1, -0.05) is 24.3 Å². The minimum absolute atomic E-state index is 0.179. The second-order valence-electron chi connectivity index (χ2n) is 9.22. The van der Waals surface area contributed by atoms with Crippen LogP contribution in [0.5, 0.6) is 0 Å². The molecule has 1 aliphatic carbocycles. The highest BCUT2D eigenvalue weighted by Gasteiger charge is 2.30. The van der Waals surface area contributed by atoms with E-state index < -0.39 is 0 Å². The molecule has 2 aromatic carbocycles. The average molecular weight is 446 g/mol. The number of aromatic nitrogens is 1. The minimum atomic E-state index is -0.179. The molecule has 1 saturated carbocycles. The Morgan fingerprint density at radius 1 is 0.906 bits per heavy atom. The van der Waals surface area contributed by atoms with E-state index in [1.54, 1.807) is 23.9 Å². The van der Waals surface area contributed by atoms with Crippen LogP contribution < -0.4 is 4.90 Å². The van der Waals surface area contributed by atoms with Gasteiger partial charge in [-0.2, -0.15) is 0 Å². The van der Waals surface area contributed by atoms with Crippen LogP contribution in [0.4, 0.5) is 10.1 Å². The van der Waals surface area contributed by atoms with Gasteiger partial charge in [0.1, 0.15) is 5.82 Å². The molecule has 3 heterocycles. The number of piperazine rings is 1. The largest absolute Gasteiger partial charge is 0.367 e. The Bertz CT molecular complexity index is 1240. The number of anilines is 1. The van der Waals surface area contributed by atoms with E-state index in [0.717, 1.165) is 42.8 Å². The molecule has 32 heavy (non-hydrogen) atoms. The number of hydrogen-bond donors (Lipinski definition) is 0. The van der Waals surface area contributed by atoms with E-state index >= 15 is 0 Å². The first-order valence-corrected chi connectivity index (χ1v) is 12.6. The van der Waals surface area contributed by atoms with Crippen molar-refractivity contribution in [1.82, 2.24) is 9.88 Å². The lowest BCUT2D eigenvalue weighted by Crippen LogP contribution is -2.51. The van der Waals surface area contributed by atoms with Crippen LogP contribution in [-0.2, 0) is 0 Å². The normalized spacial score (nSPS) is 22.6. The summed E-state index contributed by atoms with van der Waals surface area (Å²) in [6.45, 7) is 3.96. The summed E-state index contributed by atoms with van der Waals surface area (Å²) in [5.41, 5.74) is 3.42. The van der Waals surface area contributed by atoms with Crippen LogP contribution in [0.25, 0.3) is 21.0 Å². The van der Waals surface area contributed by atoms with Gasteiger partial charge < -0.3 is 4.90 Å². The molecule has 3 nitrogen and oxygen atoms in total. The molecule has 164 valence electrons. The quantitative estimate of drug-likeness (QED) is 0.362. The van der Waals surface area contributed by atoms with Gasteiger partial charge >= 0.3 is 0 Å². The van der Waals surface area contributed by atoms with Crippen LogP contribution >= 0.6 is 11.3 Å². The molecule has 2 aromatic heterocycles. The van der Waals surface area contributed by atoms with Crippen LogP contribution in [0.2, 0.25) is 0 Å². The molecule has 0 radical (unpaired) electrons. The van der Waals surface area contributed by atoms with E-state index in [1.165, 1.54) is 35.8 Å². The molecule has 4 aromatic rings. The number of benzene rings is 2. The molecule has 2 aliphatic rings. The van der Waals surface area contributed by atoms with E-state index in [9.17, 15) is 4.39 Å². The summed E-state index contributed by atoms with van der Waals surface area (Å²) in [5, 5.41) is 4.74. The Hall–Kier alpha value is -2.50. The third kappa shape index (κ3) is 3.67. The molecule has 0 N–H and O–H groups in total. The molecule has 5 heteroatoms. The van der Waals surface area contributed by atoms with Gasteiger partial charge in [-0.05, 0) is 72.2 Å². The highest BCUT2D eigenvalue weighted by Crippen LogP contribution is 2.40. The zero-order chi connectivity index (χ0) is 21.5. The first kappa shape index (κ1) is 20.1. The van der Waals surface area contributed by atoms with Gasteiger partial charge in [0.2, 0.25) is 0 Å². The molecule has 1 aliphatic heterocycles. The van der Waals surface area contributed by atoms with E-state index in [4.69, 9.17) is 0 Å². The summed E-state index contributed by atoms with van der Waals surface area (Å²) < 4.78 is 15.6. The van der Waals surface area contributed by atoms with Crippen molar-refractivity contribution >= 4 is 38.0 Å². The van der Waals surface area contributed by atoms with Crippen LogP contribution in [0.1, 0.15) is 37.2 Å². The Morgan fingerprint density at radius 2 is 1.72 bits per heavy atom. The number of fused-ring (bicyclic) bond motifs is 2. The SMILES string of the molecule is Fc1cc(N2CCN(C3CCC(c4csc5ccccc45)CC3)CC2)c2ncccc2c1. The highest BCUT2D eigenvalue weighted by atomic mass is 32.1. The van der Waals surface area contributed by atoms with Crippen molar-refractivity contribution in [2.45, 2.75) is 37.6 Å². The molecule has 1 saturated heterocycles. The van der Waals surface area contributed by atoms with Crippen molar-refractivity contribution < 1.29 is 4.39 Å². The zero-order valence-electron chi connectivity index (χ0n) is 18.2. The lowest BCUT2D eigenvalue weighted by atomic mass is 9.81. The van der Waals surface area contributed by atoms with E-state index in [0.29, 0.717) is 12.0 Å². The van der Waals surface area contributed by atoms with Gasteiger partial charge in [0.15, 0.2) is 0 Å². The average Bonchev–Trinajstić information content (AvgIpc) is 3.28. The van der Waals surface area contributed by atoms with E-state index in [-0.39, 0.29) is 5.82 Å². The Morgan fingerprint density at radius 3 is 2.56 bits per heavy atom. The number of nitrogens with zero attached hydrogens (tertiary/aromatic N) is 3. The summed E-state index contributed by atoms with van der Waals surface area (Å²) in [7, 11) is 0. The maximum atomic E-state index is 14.2. The van der Waals surface area contributed by atoms with Crippen molar-refractivity contribution in [1.29, 1.82) is 0 Å². The van der Waals surface area contributed by atoms with Crippen molar-refractivity contribution in [2.24, 2.45) is 0 Å². The van der Waals surface area contributed by atoms with E-state index in [1.807, 2.05) is 23.5 Å². The number of thiophene rings is 1. The molecule has 0 spiro atoms. The number of hydrogen-bond acceptors (Lipinski definition) is 4. The number of pyridine rings is 1. The summed E-state index contributed by atoms with van der Waals surface area (Å²) in [5.74, 6) is 0.524. The van der Waals surface area contributed by atoms with Crippen LogP contribution in [0, 0.1) is 5.82 Å². The van der Waals surface area contributed by atoms with Crippen LogP contribution in [0.15, 0.2) is 60.1 Å². The second kappa shape index (κ2) is 8.45. The van der Waals surface area contributed by atoms with Crippen LogP contribution in [-0.4, -0.2) is 42.1 Å². The van der Waals surface area contributed by atoms with Crippen molar-refractivity contribution in [3.63, 3.8) is 0 Å². The minimum Gasteiger partial charge on any atom is -0.367 e. The Labute approximate surface area is 192 Å². The van der Waals surface area contributed by atoms with Gasteiger partial charge in [0.05, 0.1) is 11.2 Å². The Balaban J connectivity index is 1.10. The molecular formula is C27H28FN3S. The van der Waals surface area contributed by atoms with Crippen LogP contribution in [0.3, 0.4) is 0 Å². The molecule has 2 fully saturated rings. The zero-order valence-corrected chi connectivity index (χ0v) is 19.0. The van der Waals surface area contributed by atoms with E-state index in [2.05, 4.69) is 44.4 Å². The fraction of sp³-hybridized carbons (Fsp3) is 0.370. The molecule has 0 atom stereocenters. The topological polar surface area (TPSA) is 19.4 Å². The number of halogens is 1. The summed E-state index contributed by atoms with van der Waals surface area (Å²) in [4.78, 5) is 9.53. The third-order valence-corrected chi connectivity index (χ3v) is 8.45. The monoisotopic (exact) mass is 445 g/mol. The number of rotatable bonds is 3. The lowest BCUT2D eigenvalue weighted by molar-refractivity contribution is 0.141. The first-order valence-electron chi connectivity index (χ1n) is 11.8. The maximum absolute atomic E-state index is 14.2. The second-order valence-corrected chi connectivity index (χ2v) is 10.1. The first-order chi connectivity index (χ1) is 15.8. The molecule has 0 bridgehead atoms. The summed E-state index contributed by atoms with van der Waals surface area (Å²) in [6, 6.07) is 16.6. The van der Waals surface area contributed by atoms with Gasteiger partial charge in [-0.3, -0.25) is 9.88 Å². The maximum Gasteiger partial charge on any atom is 0.126 e. The fourth-order valence-corrected chi connectivity index (χ4v) is 6.82. The van der Waals surface area contributed by atoms with Crippen molar-refractivity contribution in [3.05, 3.63) is 71.5 Å². The highest BCUT2D eigenvalue weighted by molar-refractivity contribution is 7.17. The molecular weight excluding hydrogens is 417 g/mol. The van der Waals surface area contributed by atoms with Gasteiger partial charge in [-0.15, -0.1) is 11.3 Å². The van der Waals surface area contributed by atoms with Gasteiger partial charge in [0, 0.05) is 48.5 Å².